The molecule has 1 aromatic heterocycles. The number of carboxylic acid groups (broad SMARTS) is 1. The Morgan fingerprint density at radius 3 is 2.32 bits per heavy atom. The number of aliphatic hydroxyl groups is 1. The maximum absolute atomic E-state index is 13.9. The van der Waals surface area contributed by atoms with Crippen molar-refractivity contribution < 1.29 is 19.8 Å². The molecular formula is C29H38N4O5. The van der Waals surface area contributed by atoms with Crippen molar-refractivity contribution >= 4 is 22.7 Å². The number of nitrogens with zero attached hydrogens (tertiary/aromatic N) is 4. The number of aliphatic carboxylic acids is 1. The average molecular weight is 523 g/mol. The van der Waals surface area contributed by atoms with Crippen LogP contribution < -0.4 is 5.56 Å². The van der Waals surface area contributed by atoms with E-state index in [1.807, 2.05) is 18.2 Å². The molecule has 2 saturated heterocycles. The summed E-state index contributed by atoms with van der Waals surface area (Å²) in [5, 5.41) is 22.5. The summed E-state index contributed by atoms with van der Waals surface area (Å²) < 4.78 is 1.79. The van der Waals surface area contributed by atoms with Crippen molar-refractivity contribution in [1.82, 2.24) is 14.5 Å². The third kappa shape index (κ3) is 4.75. The summed E-state index contributed by atoms with van der Waals surface area (Å²) in [6.45, 7) is -0.473. The van der Waals surface area contributed by atoms with E-state index in [0.29, 0.717) is 23.6 Å². The van der Waals surface area contributed by atoms with Gasteiger partial charge >= 0.3 is 5.97 Å². The summed E-state index contributed by atoms with van der Waals surface area (Å²) in [7, 11) is 0. The van der Waals surface area contributed by atoms with E-state index in [0.717, 1.165) is 43.0 Å². The first-order valence-corrected chi connectivity index (χ1v) is 14.4. The number of carboxylic acids is 1. The quantitative estimate of drug-likeness (QED) is 0.323. The second-order valence-electron chi connectivity index (χ2n) is 11.8. The number of rotatable bonds is 7. The van der Waals surface area contributed by atoms with E-state index in [1.54, 1.807) is 10.6 Å². The van der Waals surface area contributed by atoms with E-state index in [4.69, 9.17) is 9.94 Å². The van der Waals surface area contributed by atoms with Crippen molar-refractivity contribution in [2.24, 2.45) is 17.0 Å². The maximum atomic E-state index is 13.9. The number of hydrogen-bond acceptors (Lipinski definition) is 7. The van der Waals surface area contributed by atoms with Crippen molar-refractivity contribution in [2.45, 2.75) is 94.8 Å². The lowest BCUT2D eigenvalue weighted by Gasteiger charge is -2.55. The number of aromatic nitrogens is 2. The number of para-hydroxylation sites is 2. The van der Waals surface area contributed by atoms with Crippen LogP contribution in [0.15, 0.2) is 34.2 Å². The average Bonchev–Trinajstić information content (AvgIpc) is 2.90. The topological polar surface area (TPSA) is 117 Å². The number of fused-ring (bicyclic) bond motifs is 5. The standard InChI is InChI=1S/C29H38N4O5/c34-11-12-38-31-27(29(36)37)26-28(35)33(25-10-2-1-9-24(25)30-26)23-16-20-7-4-8-21(17-23)32(20)22-14-18-5-3-6-19(13-18)15-22/h1-2,9-10,18-23,34H,3-8,11-17H2,(H,36,37)/b31-27-/t18-,19+,20-,21+,22?,23?. The molecule has 9 nitrogen and oxygen atoms in total. The minimum atomic E-state index is -1.39. The summed E-state index contributed by atoms with van der Waals surface area (Å²) in [6.07, 6.45) is 13.5. The van der Waals surface area contributed by atoms with Gasteiger partial charge in [-0.2, -0.15) is 0 Å². The molecule has 9 heteroatoms. The largest absolute Gasteiger partial charge is 0.476 e. The first-order valence-electron chi connectivity index (χ1n) is 14.4. The third-order valence-corrected chi connectivity index (χ3v) is 9.46. The minimum absolute atomic E-state index is 0.0304. The molecule has 6 rings (SSSR count). The molecule has 0 spiro atoms. The molecule has 2 N–H and O–H groups in total. The highest BCUT2D eigenvalue weighted by Gasteiger charge is 2.45. The van der Waals surface area contributed by atoms with E-state index in [-0.39, 0.29) is 24.9 Å². The first-order chi connectivity index (χ1) is 18.5. The lowest BCUT2D eigenvalue weighted by molar-refractivity contribution is -0.129. The van der Waals surface area contributed by atoms with Crippen molar-refractivity contribution in [3.63, 3.8) is 0 Å². The van der Waals surface area contributed by atoms with Gasteiger partial charge in [-0.3, -0.25) is 9.69 Å². The fraction of sp³-hybridized carbons (Fsp3) is 0.655. The van der Waals surface area contributed by atoms with E-state index < -0.39 is 17.2 Å². The van der Waals surface area contributed by atoms with Crippen molar-refractivity contribution in [3.05, 3.63) is 40.3 Å². The molecule has 4 fully saturated rings. The van der Waals surface area contributed by atoms with Gasteiger partial charge in [-0.25, -0.2) is 9.78 Å². The summed E-state index contributed by atoms with van der Waals surface area (Å²) in [4.78, 5) is 38.2. The van der Waals surface area contributed by atoms with E-state index >= 15 is 0 Å². The van der Waals surface area contributed by atoms with Crippen molar-refractivity contribution in [2.75, 3.05) is 13.2 Å². The Morgan fingerprint density at radius 2 is 1.63 bits per heavy atom. The molecule has 204 valence electrons. The van der Waals surface area contributed by atoms with E-state index in [1.165, 1.54) is 44.9 Å². The Labute approximate surface area is 222 Å². The van der Waals surface area contributed by atoms with Crippen LogP contribution in [0.4, 0.5) is 0 Å². The molecule has 2 aliphatic heterocycles. The van der Waals surface area contributed by atoms with Crippen LogP contribution in [0.3, 0.4) is 0 Å². The zero-order chi connectivity index (χ0) is 26.2. The summed E-state index contributed by atoms with van der Waals surface area (Å²) in [6, 6.07) is 8.96. The molecule has 38 heavy (non-hydrogen) atoms. The van der Waals surface area contributed by atoms with Gasteiger partial charge in [0.05, 0.1) is 17.6 Å². The van der Waals surface area contributed by atoms with Gasteiger partial charge in [0.1, 0.15) is 6.61 Å². The highest BCUT2D eigenvalue weighted by Crippen LogP contribution is 2.47. The Kier molecular flexibility index (Phi) is 7.22. The van der Waals surface area contributed by atoms with E-state index in [2.05, 4.69) is 15.0 Å². The molecule has 6 atom stereocenters. The number of piperidine rings is 2. The summed E-state index contributed by atoms with van der Waals surface area (Å²) in [5.74, 6) is 0.369. The molecule has 0 amide bonds. The third-order valence-electron chi connectivity index (χ3n) is 9.46. The monoisotopic (exact) mass is 522 g/mol. The molecule has 2 aromatic rings. The molecule has 0 radical (unpaired) electrons. The van der Waals surface area contributed by atoms with Gasteiger partial charge in [0.2, 0.25) is 5.71 Å². The lowest BCUT2D eigenvalue weighted by atomic mass is 9.68. The van der Waals surface area contributed by atoms with Crippen LogP contribution in [-0.2, 0) is 9.63 Å². The minimum Gasteiger partial charge on any atom is -0.476 e. The maximum Gasteiger partial charge on any atom is 0.360 e. The van der Waals surface area contributed by atoms with E-state index in [9.17, 15) is 14.7 Å². The van der Waals surface area contributed by atoms with Crippen molar-refractivity contribution in [3.8, 4) is 0 Å². The van der Waals surface area contributed by atoms with Gasteiger partial charge in [0, 0.05) is 24.2 Å². The lowest BCUT2D eigenvalue weighted by Crippen LogP contribution is -2.58. The zero-order valence-corrected chi connectivity index (χ0v) is 21.9. The Bertz CT molecular complexity index is 1250. The fourth-order valence-electron chi connectivity index (χ4n) is 8.14. The fourth-order valence-corrected chi connectivity index (χ4v) is 8.14. The molecule has 2 aliphatic carbocycles. The second kappa shape index (κ2) is 10.8. The van der Waals surface area contributed by atoms with Gasteiger partial charge < -0.3 is 19.6 Å². The number of hydrogen-bond donors (Lipinski definition) is 2. The molecule has 1 aromatic carbocycles. The Morgan fingerprint density at radius 1 is 0.947 bits per heavy atom. The molecule has 3 heterocycles. The van der Waals surface area contributed by atoms with Crippen LogP contribution in [0.5, 0.6) is 0 Å². The first kappa shape index (κ1) is 25.5. The van der Waals surface area contributed by atoms with Gasteiger partial charge in [0.25, 0.3) is 5.56 Å². The normalized spacial score (nSPS) is 31.8. The number of oxime groups is 1. The predicted molar refractivity (Wildman–Crippen MR) is 143 cm³/mol. The van der Waals surface area contributed by atoms with Gasteiger partial charge in [-0.05, 0) is 68.9 Å². The summed E-state index contributed by atoms with van der Waals surface area (Å²) >= 11 is 0. The number of aliphatic hydroxyl groups excluding tert-OH is 1. The van der Waals surface area contributed by atoms with Gasteiger partial charge in [-0.1, -0.05) is 43.0 Å². The molecule has 2 unspecified atom stereocenters. The zero-order valence-electron chi connectivity index (χ0n) is 21.9. The smallest absolute Gasteiger partial charge is 0.360 e. The molecule has 4 bridgehead atoms. The van der Waals surface area contributed by atoms with Crippen LogP contribution in [0.1, 0.15) is 82.4 Å². The highest BCUT2D eigenvalue weighted by molar-refractivity contribution is 6.41. The Hall–Kier alpha value is -2.78. The SMILES string of the molecule is O=C(O)/C(=N\OCCO)c1nc2ccccc2n(C2C[C@H]3CCC[C@@H](C2)N3C2C[C@H]3CCC[C@@H](C2)C3)c1=O. The van der Waals surface area contributed by atoms with Gasteiger partial charge in [0.15, 0.2) is 5.69 Å². The van der Waals surface area contributed by atoms with Crippen LogP contribution in [0, 0.1) is 11.8 Å². The number of benzene rings is 1. The number of carbonyl (C=O) groups is 1. The molecule has 2 saturated carbocycles. The predicted octanol–water partition coefficient (Wildman–Crippen LogP) is 3.72. The molecular weight excluding hydrogens is 484 g/mol. The van der Waals surface area contributed by atoms with Crippen molar-refractivity contribution in [1.29, 1.82) is 0 Å². The molecule has 4 aliphatic rings. The van der Waals surface area contributed by atoms with Crippen LogP contribution in [-0.4, -0.2) is 67.7 Å². The summed E-state index contributed by atoms with van der Waals surface area (Å²) in [5.41, 5.74) is 0.0919. The second-order valence-corrected chi connectivity index (χ2v) is 11.8. The highest BCUT2D eigenvalue weighted by atomic mass is 16.6. The van der Waals surface area contributed by atoms with Crippen LogP contribution >= 0.6 is 0 Å². The van der Waals surface area contributed by atoms with Gasteiger partial charge in [-0.15, -0.1) is 0 Å². The Balaban J connectivity index is 1.36. The van der Waals surface area contributed by atoms with Crippen LogP contribution in [0.2, 0.25) is 0 Å². The van der Waals surface area contributed by atoms with Crippen LogP contribution in [0.25, 0.3) is 11.0 Å².